The van der Waals surface area contributed by atoms with Gasteiger partial charge in [0.05, 0.1) is 0 Å². The van der Waals surface area contributed by atoms with E-state index in [1.54, 1.807) is 0 Å². The molecule has 114 valence electrons. The quantitative estimate of drug-likeness (QED) is 0.853. The van der Waals surface area contributed by atoms with Gasteiger partial charge in [-0.2, -0.15) is 0 Å². The Labute approximate surface area is 128 Å². The van der Waals surface area contributed by atoms with Gasteiger partial charge < -0.3 is 5.32 Å². The van der Waals surface area contributed by atoms with Crippen LogP contribution in [0, 0.1) is 11.8 Å². The van der Waals surface area contributed by atoms with Gasteiger partial charge in [-0.25, -0.2) is 0 Å². The SMILES string of the molecule is CNC1CCC(C)CC1CN(Cc1cccs1)C(C)C. The van der Waals surface area contributed by atoms with Crippen LogP contribution in [-0.2, 0) is 6.54 Å². The molecule has 20 heavy (non-hydrogen) atoms. The molecule has 1 aliphatic carbocycles. The zero-order valence-corrected chi connectivity index (χ0v) is 14.2. The first-order chi connectivity index (χ1) is 9.60. The van der Waals surface area contributed by atoms with Gasteiger partial charge in [-0.05, 0) is 63.4 Å². The number of nitrogens with zero attached hydrogens (tertiary/aromatic N) is 1. The summed E-state index contributed by atoms with van der Waals surface area (Å²) in [6, 6.07) is 5.75. The normalized spacial score (nSPS) is 27.4. The van der Waals surface area contributed by atoms with E-state index in [1.165, 1.54) is 30.7 Å². The summed E-state index contributed by atoms with van der Waals surface area (Å²) in [6.45, 7) is 9.41. The second kappa shape index (κ2) is 7.58. The number of thiophene rings is 1. The lowest BCUT2D eigenvalue weighted by Gasteiger charge is -2.39. The molecule has 3 unspecified atom stereocenters. The molecular weight excluding hydrogens is 264 g/mol. The Morgan fingerprint density at radius 3 is 2.80 bits per heavy atom. The van der Waals surface area contributed by atoms with E-state index < -0.39 is 0 Å². The minimum absolute atomic E-state index is 0.617. The summed E-state index contributed by atoms with van der Waals surface area (Å²) in [5, 5.41) is 5.74. The highest BCUT2D eigenvalue weighted by molar-refractivity contribution is 7.09. The van der Waals surface area contributed by atoms with Crippen molar-refractivity contribution >= 4 is 11.3 Å². The minimum atomic E-state index is 0.617. The molecule has 3 atom stereocenters. The zero-order chi connectivity index (χ0) is 14.5. The number of hydrogen-bond donors (Lipinski definition) is 1. The third-order valence-corrected chi connectivity index (χ3v) is 5.61. The maximum Gasteiger partial charge on any atom is 0.0330 e. The summed E-state index contributed by atoms with van der Waals surface area (Å²) in [7, 11) is 2.13. The standard InChI is InChI=1S/C17H30N2S/c1-13(2)19(12-16-6-5-9-20-16)11-15-10-14(3)7-8-17(15)18-4/h5-6,9,13-15,17-18H,7-8,10-12H2,1-4H3. The molecule has 0 saturated heterocycles. The van der Waals surface area contributed by atoms with Crippen LogP contribution >= 0.6 is 11.3 Å². The number of hydrogen-bond acceptors (Lipinski definition) is 3. The van der Waals surface area contributed by atoms with E-state index in [9.17, 15) is 0 Å². The first kappa shape index (κ1) is 16.0. The fraction of sp³-hybridized carbons (Fsp3) is 0.765. The van der Waals surface area contributed by atoms with Crippen LogP contribution in [-0.4, -0.2) is 30.6 Å². The molecule has 0 aliphatic heterocycles. The van der Waals surface area contributed by atoms with Gasteiger partial charge in [0.25, 0.3) is 0 Å². The molecule has 0 amide bonds. The van der Waals surface area contributed by atoms with Crippen molar-refractivity contribution in [1.82, 2.24) is 10.2 Å². The third kappa shape index (κ3) is 4.31. The van der Waals surface area contributed by atoms with Crippen molar-refractivity contribution < 1.29 is 0 Å². The summed E-state index contributed by atoms with van der Waals surface area (Å²) in [5.41, 5.74) is 0. The van der Waals surface area contributed by atoms with Crippen molar-refractivity contribution in [3.63, 3.8) is 0 Å². The second-order valence-electron chi connectivity index (χ2n) is 6.68. The van der Waals surface area contributed by atoms with Crippen molar-refractivity contribution in [1.29, 1.82) is 0 Å². The molecular formula is C17H30N2S. The van der Waals surface area contributed by atoms with Gasteiger partial charge in [0.15, 0.2) is 0 Å². The Morgan fingerprint density at radius 1 is 1.40 bits per heavy atom. The molecule has 1 aromatic heterocycles. The smallest absolute Gasteiger partial charge is 0.0330 e. The van der Waals surface area contributed by atoms with Crippen molar-refractivity contribution in [2.24, 2.45) is 11.8 Å². The molecule has 1 saturated carbocycles. The Morgan fingerprint density at radius 2 is 2.20 bits per heavy atom. The van der Waals surface area contributed by atoms with Gasteiger partial charge in [0, 0.05) is 30.1 Å². The average molecular weight is 295 g/mol. The summed E-state index contributed by atoms with van der Waals surface area (Å²) in [6.07, 6.45) is 4.10. The van der Waals surface area contributed by atoms with E-state index in [0.29, 0.717) is 12.1 Å². The van der Waals surface area contributed by atoms with Gasteiger partial charge in [-0.1, -0.05) is 13.0 Å². The number of rotatable bonds is 6. The monoisotopic (exact) mass is 294 g/mol. The summed E-state index contributed by atoms with van der Waals surface area (Å²) >= 11 is 1.88. The second-order valence-corrected chi connectivity index (χ2v) is 7.71. The van der Waals surface area contributed by atoms with Crippen LogP contribution in [0.25, 0.3) is 0 Å². The lowest BCUT2D eigenvalue weighted by Crippen LogP contribution is -2.45. The van der Waals surface area contributed by atoms with E-state index in [-0.39, 0.29) is 0 Å². The molecule has 0 aromatic carbocycles. The average Bonchev–Trinajstić information content (AvgIpc) is 2.91. The van der Waals surface area contributed by atoms with Crippen LogP contribution in [0.5, 0.6) is 0 Å². The van der Waals surface area contributed by atoms with Crippen molar-refractivity contribution in [2.75, 3.05) is 13.6 Å². The van der Waals surface area contributed by atoms with Gasteiger partial charge in [0.1, 0.15) is 0 Å². The Bertz CT molecular complexity index is 374. The Hall–Kier alpha value is -0.380. The maximum absolute atomic E-state index is 3.55. The molecule has 2 rings (SSSR count). The molecule has 1 aliphatic rings. The zero-order valence-electron chi connectivity index (χ0n) is 13.4. The van der Waals surface area contributed by atoms with E-state index in [4.69, 9.17) is 0 Å². The van der Waals surface area contributed by atoms with Crippen LogP contribution in [0.2, 0.25) is 0 Å². The maximum atomic E-state index is 3.55. The lowest BCUT2D eigenvalue weighted by atomic mass is 9.78. The van der Waals surface area contributed by atoms with E-state index in [2.05, 4.69) is 55.5 Å². The van der Waals surface area contributed by atoms with Gasteiger partial charge in [0.2, 0.25) is 0 Å². The van der Waals surface area contributed by atoms with Crippen LogP contribution in [0.4, 0.5) is 0 Å². The van der Waals surface area contributed by atoms with Crippen molar-refractivity contribution in [3.8, 4) is 0 Å². The van der Waals surface area contributed by atoms with Gasteiger partial charge in [-0.3, -0.25) is 4.90 Å². The number of nitrogens with one attached hydrogen (secondary N) is 1. The molecule has 1 aromatic rings. The largest absolute Gasteiger partial charge is 0.317 e. The van der Waals surface area contributed by atoms with Crippen LogP contribution < -0.4 is 5.32 Å². The molecule has 1 heterocycles. The molecule has 1 N–H and O–H groups in total. The van der Waals surface area contributed by atoms with Crippen molar-refractivity contribution in [3.05, 3.63) is 22.4 Å². The Balaban J connectivity index is 1.98. The molecule has 1 fully saturated rings. The predicted molar refractivity (Wildman–Crippen MR) is 89.2 cm³/mol. The molecule has 3 heteroatoms. The summed E-state index contributed by atoms with van der Waals surface area (Å²) in [4.78, 5) is 4.14. The highest BCUT2D eigenvalue weighted by Gasteiger charge is 2.29. The lowest BCUT2D eigenvalue weighted by molar-refractivity contribution is 0.122. The first-order valence-electron chi connectivity index (χ1n) is 8.03. The summed E-state index contributed by atoms with van der Waals surface area (Å²) < 4.78 is 0. The predicted octanol–water partition coefficient (Wildman–Crippen LogP) is 3.98. The van der Waals surface area contributed by atoms with Crippen molar-refractivity contribution in [2.45, 2.75) is 58.7 Å². The third-order valence-electron chi connectivity index (χ3n) is 4.75. The topological polar surface area (TPSA) is 15.3 Å². The fourth-order valence-electron chi connectivity index (χ4n) is 3.44. The first-order valence-corrected chi connectivity index (χ1v) is 8.91. The minimum Gasteiger partial charge on any atom is -0.317 e. The van der Waals surface area contributed by atoms with E-state index in [0.717, 1.165) is 18.4 Å². The molecule has 0 spiro atoms. The van der Waals surface area contributed by atoms with Crippen LogP contribution in [0.15, 0.2) is 17.5 Å². The van der Waals surface area contributed by atoms with Crippen LogP contribution in [0.1, 0.15) is 44.9 Å². The van der Waals surface area contributed by atoms with Gasteiger partial charge in [-0.15, -0.1) is 11.3 Å². The highest BCUT2D eigenvalue weighted by Crippen LogP contribution is 2.30. The molecule has 0 radical (unpaired) electrons. The molecule has 2 nitrogen and oxygen atoms in total. The Kier molecular flexibility index (Phi) is 6.06. The van der Waals surface area contributed by atoms with Crippen LogP contribution in [0.3, 0.4) is 0 Å². The van der Waals surface area contributed by atoms with E-state index in [1.807, 2.05) is 11.3 Å². The highest BCUT2D eigenvalue weighted by atomic mass is 32.1. The van der Waals surface area contributed by atoms with E-state index >= 15 is 0 Å². The molecule has 0 bridgehead atoms. The summed E-state index contributed by atoms with van der Waals surface area (Å²) in [5.74, 6) is 1.69. The van der Waals surface area contributed by atoms with Gasteiger partial charge >= 0.3 is 0 Å². The fourth-order valence-corrected chi connectivity index (χ4v) is 4.17.